The standard InChI is InChI=1S/C98H91BN4/c1-94(2,3)68-44-38-62(39-45-68)64-42-50-75(66-26-24-28-70(54-66)96(7,8)9)87(56-64)102-89-60-73(100-83-34-20-16-30-77(83)78-31-17-21-35-84(78)100)48-52-81(89)99-82-53-49-74(101-85-36-22-18-32-79(85)80-33-19-23-37-86(80)101)61-90(82)103(92-59-72(98(13,14)15)58-91(102)93(92)99)88-57-65(63-40-46-69(47-41-63)95(4,5)6)43-51-76(88)67-27-25-29-71(55-67)97(10,11)12/h16-61H,1-15H3. The van der Waals surface area contributed by atoms with Crippen LogP contribution in [0, 0.1) is 0 Å². The molecule has 0 unspecified atom stereocenters. The van der Waals surface area contributed by atoms with Crippen LogP contribution in [0.2, 0.25) is 0 Å². The quantitative estimate of drug-likeness (QED) is 0.141. The molecule has 103 heavy (non-hydrogen) atoms. The second kappa shape index (κ2) is 23.9. The highest BCUT2D eigenvalue weighted by molar-refractivity contribution is 7.00. The highest BCUT2D eigenvalue weighted by Gasteiger charge is 2.46. The van der Waals surface area contributed by atoms with E-state index in [1.807, 2.05) is 0 Å². The van der Waals surface area contributed by atoms with Crippen LogP contribution in [0.5, 0.6) is 0 Å². The number of hydrogen-bond donors (Lipinski definition) is 0. The molecule has 0 spiro atoms. The largest absolute Gasteiger partial charge is 0.311 e. The van der Waals surface area contributed by atoms with Crippen LogP contribution in [0.25, 0.3) is 99.5 Å². The van der Waals surface area contributed by atoms with E-state index in [4.69, 9.17) is 0 Å². The number of fused-ring (bicyclic) bond motifs is 10. The maximum absolute atomic E-state index is 2.71. The predicted octanol–water partition coefficient (Wildman–Crippen LogP) is 25.1. The summed E-state index contributed by atoms with van der Waals surface area (Å²) in [6, 6.07) is 108. The molecule has 5 heteroatoms. The Morgan fingerprint density at radius 1 is 0.223 bits per heavy atom. The fourth-order valence-corrected chi connectivity index (χ4v) is 16.5. The third-order valence-electron chi connectivity index (χ3n) is 22.3. The summed E-state index contributed by atoms with van der Waals surface area (Å²) in [6.45, 7) is 34.8. The minimum atomic E-state index is -0.310. The first-order valence-corrected chi connectivity index (χ1v) is 37.0. The third-order valence-corrected chi connectivity index (χ3v) is 22.3. The van der Waals surface area contributed by atoms with Crippen molar-refractivity contribution in [1.82, 2.24) is 9.13 Å². The van der Waals surface area contributed by atoms with Crippen LogP contribution in [0.1, 0.15) is 132 Å². The molecule has 17 rings (SSSR count). The van der Waals surface area contributed by atoms with Gasteiger partial charge in [-0.1, -0.05) is 310 Å². The molecule has 0 saturated carbocycles. The van der Waals surface area contributed by atoms with Crippen molar-refractivity contribution in [2.75, 3.05) is 9.80 Å². The Labute approximate surface area is 609 Å². The van der Waals surface area contributed by atoms with Gasteiger partial charge < -0.3 is 18.9 Å². The lowest BCUT2D eigenvalue weighted by Crippen LogP contribution is -2.61. The molecule has 0 atom stereocenters. The maximum atomic E-state index is 2.71. The highest BCUT2D eigenvalue weighted by atomic mass is 15.2. The molecule has 506 valence electrons. The first-order valence-electron chi connectivity index (χ1n) is 37.0. The summed E-state index contributed by atoms with van der Waals surface area (Å²) in [5, 5.41) is 4.94. The zero-order valence-corrected chi connectivity index (χ0v) is 62.4. The van der Waals surface area contributed by atoms with Crippen molar-refractivity contribution in [3.05, 3.63) is 307 Å². The van der Waals surface area contributed by atoms with Gasteiger partial charge in [0.1, 0.15) is 0 Å². The lowest BCUT2D eigenvalue weighted by molar-refractivity contribution is 0.590. The van der Waals surface area contributed by atoms with Crippen LogP contribution in [0.3, 0.4) is 0 Å². The lowest BCUT2D eigenvalue weighted by Gasteiger charge is -2.46. The molecule has 15 aromatic rings. The Bertz CT molecular complexity index is 5440. The van der Waals surface area contributed by atoms with E-state index in [0.717, 1.165) is 56.4 Å². The van der Waals surface area contributed by atoms with Crippen LogP contribution >= 0.6 is 0 Å². The van der Waals surface area contributed by atoms with Crippen LogP contribution < -0.4 is 26.2 Å². The zero-order valence-electron chi connectivity index (χ0n) is 62.4. The monoisotopic (exact) mass is 1330 g/mol. The van der Waals surface area contributed by atoms with Gasteiger partial charge in [-0.2, -0.15) is 0 Å². The summed E-state index contributed by atoms with van der Waals surface area (Å²) >= 11 is 0. The maximum Gasteiger partial charge on any atom is 0.252 e. The molecule has 0 bridgehead atoms. The Morgan fingerprint density at radius 3 is 0.893 bits per heavy atom. The summed E-state index contributed by atoms with van der Waals surface area (Å²) in [4.78, 5) is 5.42. The van der Waals surface area contributed by atoms with Gasteiger partial charge in [-0.05, 0) is 177 Å². The minimum Gasteiger partial charge on any atom is -0.311 e. The lowest BCUT2D eigenvalue weighted by atomic mass is 9.33. The minimum absolute atomic E-state index is 0.000256. The normalized spacial score (nSPS) is 13.3. The van der Waals surface area contributed by atoms with E-state index in [1.165, 1.54) is 121 Å². The Balaban J connectivity index is 1.03. The van der Waals surface area contributed by atoms with Crippen molar-refractivity contribution in [3.63, 3.8) is 0 Å². The van der Waals surface area contributed by atoms with E-state index in [1.54, 1.807) is 0 Å². The summed E-state index contributed by atoms with van der Waals surface area (Å²) in [5.74, 6) is 0. The molecule has 0 amide bonds. The molecule has 4 nitrogen and oxygen atoms in total. The van der Waals surface area contributed by atoms with Gasteiger partial charge in [0.25, 0.3) is 6.71 Å². The topological polar surface area (TPSA) is 16.3 Å². The Hall–Kier alpha value is -10.9. The fourth-order valence-electron chi connectivity index (χ4n) is 16.5. The molecule has 0 N–H and O–H groups in total. The molecule has 4 heterocycles. The molecule has 13 aromatic carbocycles. The van der Waals surface area contributed by atoms with Crippen molar-refractivity contribution < 1.29 is 0 Å². The van der Waals surface area contributed by atoms with Crippen LogP contribution in [-0.2, 0) is 27.1 Å². The number of hydrogen-bond acceptors (Lipinski definition) is 2. The van der Waals surface area contributed by atoms with Gasteiger partial charge in [0, 0.05) is 66.8 Å². The van der Waals surface area contributed by atoms with E-state index in [0.29, 0.717) is 0 Å². The second-order valence-corrected chi connectivity index (χ2v) is 34.3. The van der Waals surface area contributed by atoms with Gasteiger partial charge in [-0.3, -0.25) is 0 Å². The molecule has 2 aromatic heterocycles. The molecule has 0 saturated heterocycles. The average Bonchev–Trinajstić information content (AvgIpc) is 0.963. The van der Waals surface area contributed by atoms with E-state index in [2.05, 4.69) is 402 Å². The van der Waals surface area contributed by atoms with E-state index in [9.17, 15) is 0 Å². The number of aromatic nitrogens is 2. The molecule has 0 radical (unpaired) electrons. The van der Waals surface area contributed by atoms with Crippen LogP contribution in [0.4, 0.5) is 34.1 Å². The molecular formula is C98H91BN4. The Morgan fingerprint density at radius 2 is 0.553 bits per heavy atom. The number of para-hydroxylation sites is 4. The van der Waals surface area contributed by atoms with Crippen molar-refractivity contribution >= 4 is 101 Å². The Kier molecular flexibility index (Phi) is 15.2. The van der Waals surface area contributed by atoms with E-state index >= 15 is 0 Å². The van der Waals surface area contributed by atoms with Gasteiger partial charge in [-0.15, -0.1) is 0 Å². The summed E-state index contributed by atoms with van der Waals surface area (Å²) in [6.07, 6.45) is 0. The van der Waals surface area contributed by atoms with Gasteiger partial charge in [0.2, 0.25) is 0 Å². The first kappa shape index (κ1) is 65.4. The van der Waals surface area contributed by atoms with Crippen molar-refractivity contribution in [2.24, 2.45) is 0 Å². The third kappa shape index (κ3) is 11.1. The molecule has 0 fully saturated rings. The number of benzene rings is 13. The predicted molar refractivity (Wildman–Crippen MR) is 444 cm³/mol. The summed E-state index contributed by atoms with van der Waals surface area (Å²) < 4.78 is 5.01. The zero-order chi connectivity index (χ0) is 71.4. The first-order chi connectivity index (χ1) is 49.2. The van der Waals surface area contributed by atoms with Crippen molar-refractivity contribution in [3.8, 4) is 55.9 Å². The molecule has 2 aliphatic heterocycles. The summed E-state index contributed by atoms with van der Waals surface area (Å²) in [7, 11) is 0. The van der Waals surface area contributed by atoms with Gasteiger partial charge >= 0.3 is 0 Å². The molecule has 0 aliphatic carbocycles. The van der Waals surface area contributed by atoms with Crippen molar-refractivity contribution in [1.29, 1.82) is 0 Å². The number of anilines is 6. The summed E-state index contributed by atoms with van der Waals surface area (Å²) in [5.41, 5.74) is 32.9. The fraction of sp³-hybridized carbons (Fsp3) is 0.204. The molecular weight excluding hydrogens is 1240 g/mol. The van der Waals surface area contributed by atoms with Gasteiger partial charge in [-0.25, -0.2) is 0 Å². The van der Waals surface area contributed by atoms with Crippen LogP contribution in [-0.4, -0.2) is 15.8 Å². The van der Waals surface area contributed by atoms with Crippen molar-refractivity contribution in [2.45, 2.75) is 131 Å². The second-order valence-electron chi connectivity index (χ2n) is 34.3. The van der Waals surface area contributed by atoms with Crippen LogP contribution in [0.15, 0.2) is 279 Å². The smallest absolute Gasteiger partial charge is 0.252 e. The SMILES string of the molecule is CC(C)(C)c1ccc(-c2ccc(-c3cccc(C(C)(C)C)c3)c(N3c4cc(-n5c6ccccc6c6ccccc65)ccc4B4c5ccc(-n6c7ccccc7c7ccccc76)cc5N(c5cc(-c6ccc(C(C)(C)C)cc6)ccc5-c5cccc(C(C)(C)C)c5)c5cc(C(C)(C)C)cc3c54)c2)cc1. The highest BCUT2D eigenvalue weighted by Crippen LogP contribution is 2.53. The average molecular weight is 1340 g/mol. The van der Waals surface area contributed by atoms with E-state index < -0.39 is 0 Å². The number of nitrogens with zero attached hydrogens (tertiary/aromatic N) is 4. The van der Waals surface area contributed by atoms with E-state index in [-0.39, 0.29) is 33.8 Å². The van der Waals surface area contributed by atoms with Gasteiger partial charge in [0.05, 0.1) is 33.4 Å². The van der Waals surface area contributed by atoms with Gasteiger partial charge in [0.15, 0.2) is 0 Å². The number of rotatable bonds is 8. The molecule has 2 aliphatic rings.